The number of carbonyl (C=O) groups excluding carboxylic acids is 1. The molecule has 0 bridgehead atoms. The lowest BCUT2D eigenvalue weighted by Gasteiger charge is -2.37. The van der Waals surface area contributed by atoms with Gasteiger partial charge in [0.15, 0.2) is 10.7 Å². The first-order valence-electron chi connectivity index (χ1n) is 8.68. The largest absolute Gasteiger partial charge is 0.383 e. The number of hydrogen-bond acceptors (Lipinski definition) is 5. The monoisotopic (exact) mass is 500 g/mol. The average Bonchev–Trinajstić information content (AvgIpc) is 2.88. The zero-order chi connectivity index (χ0) is 21.4. The van der Waals surface area contributed by atoms with E-state index in [4.69, 9.17) is 16.4 Å². The summed E-state index contributed by atoms with van der Waals surface area (Å²) in [7, 11) is -3.68. The molecule has 0 saturated carbocycles. The molecule has 154 valence electrons. The molecule has 1 saturated heterocycles. The Morgan fingerprint density at radius 3 is 2.38 bits per heavy atom. The number of amides is 1. The van der Waals surface area contributed by atoms with Gasteiger partial charge in [-0.25, -0.2) is 4.39 Å². The molecular weight excluding hydrogens is 483 g/mol. The second kappa shape index (κ2) is 8.00. The highest BCUT2D eigenvalue weighted by molar-refractivity contribution is 9.10. The molecule has 1 fully saturated rings. The van der Waals surface area contributed by atoms with E-state index in [1.54, 1.807) is 23.1 Å². The van der Waals surface area contributed by atoms with Gasteiger partial charge in [0.2, 0.25) is 0 Å². The first kappa shape index (κ1) is 21.7. The number of thiocarbonyl (C=S) groups is 1. The minimum Gasteiger partial charge on any atom is -0.383 e. The highest BCUT2D eigenvalue weighted by Crippen LogP contribution is 2.41. The van der Waals surface area contributed by atoms with Gasteiger partial charge in [0.25, 0.3) is 5.91 Å². The lowest BCUT2D eigenvalue weighted by Crippen LogP contribution is -2.48. The van der Waals surface area contributed by atoms with Crippen molar-refractivity contribution in [1.29, 1.82) is 0 Å². The van der Waals surface area contributed by atoms with Crippen LogP contribution in [0.5, 0.6) is 5.75 Å². The minimum absolute atomic E-state index is 0.120. The normalized spacial score (nSPS) is 19.4. The van der Waals surface area contributed by atoms with E-state index in [-0.39, 0.29) is 21.2 Å². The van der Waals surface area contributed by atoms with Gasteiger partial charge in [-0.2, -0.15) is 8.42 Å². The predicted molar refractivity (Wildman–Crippen MR) is 115 cm³/mol. The van der Waals surface area contributed by atoms with Gasteiger partial charge in [-0.3, -0.25) is 4.79 Å². The van der Waals surface area contributed by atoms with E-state index in [1.165, 1.54) is 24.3 Å². The number of nitrogens with zero attached hydrogens (tertiary/aromatic N) is 1. The molecule has 29 heavy (non-hydrogen) atoms. The molecule has 1 aliphatic rings. The highest BCUT2D eigenvalue weighted by Gasteiger charge is 2.53. The summed E-state index contributed by atoms with van der Waals surface area (Å²) >= 11 is 8.58. The predicted octanol–water partition coefficient (Wildman–Crippen LogP) is 3.30. The Morgan fingerprint density at radius 1 is 1.21 bits per heavy atom. The summed E-state index contributed by atoms with van der Waals surface area (Å²) in [5.41, 5.74) is -0.261. The average molecular weight is 501 g/mol. The van der Waals surface area contributed by atoms with E-state index < -0.39 is 21.5 Å². The Kier molecular flexibility index (Phi) is 5.98. The van der Waals surface area contributed by atoms with Gasteiger partial charge < -0.3 is 14.4 Å². The SMILES string of the molecule is CCCN1C(=S)NC(=O)C1(c1ccc(OS(C)(=O)=O)cc1)c1ccc(F)c(Br)c1. The number of rotatable bonds is 6. The molecule has 6 nitrogen and oxygen atoms in total. The highest BCUT2D eigenvalue weighted by atomic mass is 79.9. The van der Waals surface area contributed by atoms with Crippen LogP contribution in [0.25, 0.3) is 0 Å². The van der Waals surface area contributed by atoms with Crippen LogP contribution in [-0.2, 0) is 20.5 Å². The van der Waals surface area contributed by atoms with Crippen LogP contribution < -0.4 is 9.50 Å². The number of halogens is 2. The molecule has 1 unspecified atom stereocenters. The van der Waals surface area contributed by atoms with Crippen molar-refractivity contribution in [3.05, 3.63) is 63.9 Å². The molecule has 0 aliphatic carbocycles. The first-order chi connectivity index (χ1) is 13.6. The number of carbonyl (C=O) groups is 1. The Bertz CT molecular complexity index is 1080. The Morgan fingerprint density at radius 2 is 1.83 bits per heavy atom. The fraction of sp³-hybridized carbons (Fsp3) is 0.263. The van der Waals surface area contributed by atoms with Crippen LogP contribution in [0.4, 0.5) is 4.39 Å². The third kappa shape index (κ3) is 4.01. The van der Waals surface area contributed by atoms with Gasteiger partial charge >= 0.3 is 10.1 Å². The van der Waals surface area contributed by atoms with Crippen LogP contribution in [0.3, 0.4) is 0 Å². The summed E-state index contributed by atoms with van der Waals surface area (Å²) < 4.78 is 41.7. The quantitative estimate of drug-likeness (QED) is 0.484. The molecule has 0 spiro atoms. The molecular formula is C19H18BrFN2O4S2. The number of nitrogens with one attached hydrogen (secondary N) is 1. The molecule has 2 aromatic rings. The van der Waals surface area contributed by atoms with Crippen molar-refractivity contribution < 1.29 is 21.8 Å². The van der Waals surface area contributed by atoms with Crippen molar-refractivity contribution in [3.63, 3.8) is 0 Å². The summed E-state index contributed by atoms with van der Waals surface area (Å²) in [6, 6.07) is 10.5. The Labute approximate surface area is 182 Å². The van der Waals surface area contributed by atoms with E-state index in [0.717, 1.165) is 6.26 Å². The van der Waals surface area contributed by atoms with Gasteiger partial charge in [0, 0.05) is 6.54 Å². The third-order valence-electron chi connectivity index (χ3n) is 4.50. The fourth-order valence-corrected chi connectivity index (χ4v) is 4.57. The van der Waals surface area contributed by atoms with Gasteiger partial charge in [-0.1, -0.05) is 25.1 Å². The molecule has 1 N–H and O–H groups in total. The van der Waals surface area contributed by atoms with E-state index in [9.17, 15) is 17.6 Å². The van der Waals surface area contributed by atoms with Crippen LogP contribution in [0.15, 0.2) is 46.9 Å². The maximum Gasteiger partial charge on any atom is 0.306 e. The van der Waals surface area contributed by atoms with E-state index in [1.807, 2.05) is 6.92 Å². The molecule has 3 rings (SSSR count). The summed E-state index contributed by atoms with van der Waals surface area (Å²) in [5.74, 6) is -0.704. The van der Waals surface area contributed by atoms with Crippen molar-refractivity contribution in [2.24, 2.45) is 0 Å². The Balaban J connectivity index is 2.22. The van der Waals surface area contributed by atoms with Crippen LogP contribution in [0, 0.1) is 5.82 Å². The molecule has 0 radical (unpaired) electrons. The molecule has 1 aliphatic heterocycles. The van der Waals surface area contributed by atoms with Crippen molar-refractivity contribution >= 4 is 49.3 Å². The van der Waals surface area contributed by atoms with Gasteiger partial charge in [-0.05, 0) is 70.0 Å². The first-order valence-corrected chi connectivity index (χ1v) is 11.7. The third-order valence-corrected chi connectivity index (χ3v) is 5.93. The molecule has 1 heterocycles. The van der Waals surface area contributed by atoms with Gasteiger partial charge in [0.1, 0.15) is 11.6 Å². The van der Waals surface area contributed by atoms with E-state index >= 15 is 0 Å². The van der Waals surface area contributed by atoms with Crippen LogP contribution >= 0.6 is 28.1 Å². The second-order valence-corrected chi connectivity index (χ2v) is 9.38. The Hall–Kier alpha value is -2.04. The standard InChI is InChI=1S/C19H18BrFN2O4S2/c1-3-10-23-18(28)22-17(24)19(23,13-6-9-16(21)15(20)11-13)12-4-7-14(8-5-12)27-29(2,25)26/h4-9,11H,3,10H2,1-2H3,(H,22,24,28). The van der Waals surface area contributed by atoms with E-state index in [2.05, 4.69) is 21.2 Å². The van der Waals surface area contributed by atoms with Gasteiger partial charge in [0.05, 0.1) is 10.7 Å². The summed E-state index contributed by atoms with van der Waals surface area (Å²) in [4.78, 5) is 15.0. The van der Waals surface area contributed by atoms with Crippen molar-refractivity contribution in [2.45, 2.75) is 18.9 Å². The maximum absolute atomic E-state index is 13.9. The van der Waals surface area contributed by atoms with Crippen LogP contribution in [0.2, 0.25) is 0 Å². The number of hydrogen-bond donors (Lipinski definition) is 1. The van der Waals surface area contributed by atoms with Crippen molar-refractivity contribution in [2.75, 3.05) is 12.8 Å². The molecule has 2 aromatic carbocycles. The number of benzene rings is 2. The summed E-state index contributed by atoms with van der Waals surface area (Å²) in [5, 5.41) is 2.98. The van der Waals surface area contributed by atoms with Crippen LogP contribution in [0.1, 0.15) is 24.5 Å². The zero-order valence-corrected chi connectivity index (χ0v) is 18.8. The summed E-state index contributed by atoms with van der Waals surface area (Å²) in [6.45, 7) is 2.44. The maximum atomic E-state index is 13.9. The van der Waals surface area contributed by atoms with Gasteiger partial charge in [-0.15, -0.1) is 0 Å². The molecule has 0 aromatic heterocycles. The molecule has 1 amide bonds. The molecule has 1 atom stereocenters. The van der Waals surface area contributed by atoms with Crippen molar-refractivity contribution in [1.82, 2.24) is 10.2 Å². The van der Waals surface area contributed by atoms with E-state index in [0.29, 0.717) is 24.1 Å². The fourth-order valence-electron chi connectivity index (χ4n) is 3.41. The zero-order valence-electron chi connectivity index (χ0n) is 15.6. The van der Waals surface area contributed by atoms with Crippen LogP contribution in [-0.4, -0.2) is 37.1 Å². The topological polar surface area (TPSA) is 75.7 Å². The smallest absolute Gasteiger partial charge is 0.306 e. The lowest BCUT2D eigenvalue weighted by atomic mass is 9.81. The second-order valence-electron chi connectivity index (χ2n) is 6.56. The van der Waals surface area contributed by atoms with Crippen molar-refractivity contribution in [3.8, 4) is 5.75 Å². The summed E-state index contributed by atoms with van der Waals surface area (Å²) in [6.07, 6.45) is 1.67. The lowest BCUT2D eigenvalue weighted by molar-refractivity contribution is -0.125. The molecule has 10 heteroatoms. The minimum atomic E-state index is -3.68.